The fourth-order valence-electron chi connectivity index (χ4n) is 1.52. The van der Waals surface area contributed by atoms with Gasteiger partial charge in [0.15, 0.2) is 0 Å². The van der Waals surface area contributed by atoms with Gasteiger partial charge < -0.3 is 4.74 Å². The van der Waals surface area contributed by atoms with Crippen LogP contribution in [0.3, 0.4) is 0 Å². The largest absolute Gasteiger partial charge is 0.495 e. The fraction of sp³-hybridized carbons (Fsp3) is 0.182. The average Bonchev–Trinajstić information content (AvgIpc) is 2.52. The van der Waals surface area contributed by atoms with Crippen LogP contribution in [-0.2, 0) is 0 Å². The van der Waals surface area contributed by atoms with Crippen LogP contribution in [0, 0.1) is 18.3 Å². The standard InChI is InChI=1S/C11H9NOS/c1-7-11(13-2)9-5-8(6-12)3-4-10(9)14-7/h3-5H,1-2H3. The Bertz CT molecular complexity index is 522. The van der Waals surface area contributed by atoms with Gasteiger partial charge in [0.2, 0.25) is 0 Å². The molecule has 0 saturated heterocycles. The minimum absolute atomic E-state index is 0.675. The van der Waals surface area contributed by atoms with Crippen LogP contribution in [0.2, 0.25) is 0 Å². The lowest BCUT2D eigenvalue weighted by Gasteiger charge is -1.98. The first kappa shape index (κ1) is 9.04. The Morgan fingerprint density at radius 1 is 1.43 bits per heavy atom. The maximum Gasteiger partial charge on any atom is 0.140 e. The van der Waals surface area contributed by atoms with E-state index >= 15 is 0 Å². The summed E-state index contributed by atoms with van der Waals surface area (Å²) in [5.41, 5.74) is 0.675. The highest BCUT2D eigenvalue weighted by Crippen LogP contribution is 2.37. The van der Waals surface area contributed by atoms with E-state index in [0.29, 0.717) is 5.56 Å². The second-order valence-corrected chi connectivity index (χ2v) is 4.27. The van der Waals surface area contributed by atoms with E-state index < -0.39 is 0 Å². The summed E-state index contributed by atoms with van der Waals surface area (Å²) in [7, 11) is 1.66. The lowest BCUT2D eigenvalue weighted by atomic mass is 10.1. The molecule has 0 aliphatic heterocycles. The molecule has 2 aromatic rings. The number of hydrogen-bond donors (Lipinski definition) is 0. The highest BCUT2D eigenvalue weighted by Gasteiger charge is 2.09. The summed E-state index contributed by atoms with van der Waals surface area (Å²) >= 11 is 1.69. The summed E-state index contributed by atoms with van der Waals surface area (Å²) < 4.78 is 6.46. The van der Waals surface area contributed by atoms with Gasteiger partial charge in [-0.2, -0.15) is 5.26 Å². The lowest BCUT2D eigenvalue weighted by molar-refractivity contribution is 0.418. The van der Waals surface area contributed by atoms with Crippen molar-refractivity contribution in [2.75, 3.05) is 7.11 Å². The SMILES string of the molecule is COc1c(C)sc2ccc(C#N)cc12. The van der Waals surface area contributed by atoms with Crippen molar-refractivity contribution in [2.24, 2.45) is 0 Å². The highest BCUT2D eigenvalue weighted by molar-refractivity contribution is 7.19. The van der Waals surface area contributed by atoms with Gasteiger partial charge in [-0.3, -0.25) is 0 Å². The predicted octanol–water partition coefficient (Wildman–Crippen LogP) is 3.09. The second kappa shape index (κ2) is 3.32. The molecule has 0 saturated carbocycles. The number of ether oxygens (including phenoxy) is 1. The molecule has 0 unspecified atom stereocenters. The molecule has 3 heteroatoms. The van der Waals surface area contributed by atoms with Crippen molar-refractivity contribution in [3.05, 3.63) is 28.6 Å². The Morgan fingerprint density at radius 3 is 2.86 bits per heavy atom. The maximum absolute atomic E-state index is 8.78. The molecule has 0 bridgehead atoms. The molecule has 2 rings (SSSR count). The first-order chi connectivity index (χ1) is 6.76. The van der Waals surface area contributed by atoms with Crippen LogP contribution in [0.4, 0.5) is 0 Å². The third kappa shape index (κ3) is 1.24. The van der Waals surface area contributed by atoms with Gasteiger partial charge in [-0.25, -0.2) is 0 Å². The number of nitriles is 1. The molecule has 0 amide bonds. The van der Waals surface area contributed by atoms with Crippen LogP contribution in [0.25, 0.3) is 10.1 Å². The van der Waals surface area contributed by atoms with Gasteiger partial charge in [0, 0.05) is 15.0 Å². The molecule has 0 aliphatic carbocycles. The van der Waals surface area contributed by atoms with Gasteiger partial charge >= 0.3 is 0 Å². The number of nitrogens with zero attached hydrogens (tertiary/aromatic N) is 1. The van der Waals surface area contributed by atoms with E-state index in [1.165, 1.54) is 4.70 Å². The summed E-state index contributed by atoms with van der Waals surface area (Å²) in [5.74, 6) is 0.891. The number of aryl methyl sites for hydroxylation is 1. The maximum atomic E-state index is 8.78. The number of thiophene rings is 1. The average molecular weight is 203 g/mol. The molecule has 0 aliphatic rings. The first-order valence-corrected chi connectivity index (χ1v) is 5.05. The van der Waals surface area contributed by atoms with Crippen LogP contribution in [0.5, 0.6) is 5.75 Å². The molecule has 70 valence electrons. The Kier molecular flexibility index (Phi) is 2.14. The predicted molar refractivity (Wildman–Crippen MR) is 57.8 cm³/mol. The molecule has 1 aromatic heterocycles. The van der Waals surface area contributed by atoms with Crippen molar-refractivity contribution < 1.29 is 4.74 Å². The van der Waals surface area contributed by atoms with Crippen LogP contribution in [0.1, 0.15) is 10.4 Å². The van der Waals surface area contributed by atoms with Crippen LogP contribution in [-0.4, -0.2) is 7.11 Å². The molecule has 0 radical (unpaired) electrons. The van der Waals surface area contributed by atoms with Crippen LogP contribution in [0.15, 0.2) is 18.2 Å². The summed E-state index contributed by atoms with van der Waals surface area (Å²) in [4.78, 5) is 1.15. The number of rotatable bonds is 1. The smallest absolute Gasteiger partial charge is 0.140 e. The zero-order valence-corrected chi connectivity index (χ0v) is 8.81. The van der Waals surface area contributed by atoms with Gasteiger partial charge in [-0.05, 0) is 25.1 Å². The van der Waals surface area contributed by atoms with E-state index in [9.17, 15) is 0 Å². The van der Waals surface area contributed by atoms with E-state index in [-0.39, 0.29) is 0 Å². The lowest BCUT2D eigenvalue weighted by Crippen LogP contribution is -1.82. The minimum Gasteiger partial charge on any atom is -0.495 e. The molecule has 0 N–H and O–H groups in total. The molecule has 14 heavy (non-hydrogen) atoms. The quantitative estimate of drug-likeness (QED) is 0.713. The first-order valence-electron chi connectivity index (χ1n) is 4.23. The Balaban J connectivity index is 2.79. The monoisotopic (exact) mass is 203 g/mol. The molecule has 1 heterocycles. The van der Waals surface area contributed by atoms with Crippen molar-refractivity contribution >= 4 is 21.4 Å². The van der Waals surface area contributed by atoms with E-state index in [1.807, 2.05) is 25.1 Å². The Hall–Kier alpha value is -1.53. The third-order valence-electron chi connectivity index (χ3n) is 2.14. The summed E-state index contributed by atoms with van der Waals surface area (Å²) in [6.07, 6.45) is 0. The van der Waals surface area contributed by atoms with Crippen LogP contribution >= 0.6 is 11.3 Å². The molecular formula is C11H9NOS. The Labute approximate surface area is 86.4 Å². The van der Waals surface area contributed by atoms with Crippen molar-refractivity contribution in [2.45, 2.75) is 6.92 Å². The van der Waals surface area contributed by atoms with E-state index in [0.717, 1.165) is 16.0 Å². The Morgan fingerprint density at radius 2 is 2.21 bits per heavy atom. The summed E-state index contributed by atoms with van der Waals surface area (Å²) in [6, 6.07) is 7.80. The number of hydrogen-bond acceptors (Lipinski definition) is 3. The summed E-state index contributed by atoms with van der Waals surface area (Å²) in [5, 5.41) is 9.82. The van der Waals surface area contributed by atoms with Gasteiger partial charge in [0.05, 0.1) is 18.7 Å². The molecule has 0 fully saturated rings. The molecule has 1 aromatic carbocycles. The van der Waals surface area contributed by atoms with Gasteiger partial charge in [0.1, 0.15) is 5.75 Å². The van der Waals surface area contributed by atoms with Gasteiger partial charge in [-0.1, -0.05) is 0 Å². The van der Waals surface area contributed by atoms with Gasteiger partial charge in [-0.15, -0.1) is 11.3 Å². The zero-order chi connectivity index (χ0) is 10.1. The zero-order valence-electron chi connectivity index (χ0n) is 8.00. The molecule has 0 atom stereocenters. The number of fused-ring (bicyclic) bond motifs is 1. The molecular weight excluding hydrogens is 194 g/mol. The third-order valence-corrected chi connectivity index (χ3v) is 3.21. The molecule has 0 spiro atoms. The number of benzene rings is 1. The van der Waals surface area contributed by atoms with Crippen molar-refractivity contribution in [3.8, 4) is 11.8 Å². The van der Waals surface area contributed by atoms with E-state index in [2.05, 4.69) is 6.07 Å². The summed E-state index contributed by atoms with van der Waals surface area (Å²) in [6.45, 7) is 2.02. The fourth-order valence-corrected chi connectivity index (χ4v) is 2.53. The van der Waals surface area contributed by atoms with Crippen molar-refractivity contribution in [1.29, 1.82) is 5.26 Å². The number of methoxy groups -OCH3 is 1. The van der Waals surface area contributed by atoms with E-state index in [1.54, 1.807) is 18.4 Å². The van der Waals surface area contributed by atoms with Crippen molar-refractivity contribution in [3.63, 3.8) is 0 Å². The normalized spacial score (nSPS) is 10.1. The molecule has 2 nitrogen and oxygen atoms in total. The van der Waals surface area contributed by atoms with Gasteiger partial charge in [0.25, 0.3) is 0 Å². The van der Waals surface area contributed by atoms with E-state index in [4.69, 9.17) is 10.00 Å². The minimum atomic E-state index is 0.675. The highest BCUT2D eigenvalue weighted by atomic mass is 32.1. The second-order valence-electron chi connectivity index (χ2n) is 3.01. The van der Waals surface area contributed by atoms with Crippen molar-refractivity contribution in [1.82, 2.24) is 0 Å². The van der Waals surface area contributed by atoms with Crippen LogP contribution < -0.4 is 4.74 Å². The topological polar surface area (TPSA) is 33.0 Å².